The fraction of sp³-hybridized carbons (Fsp3) is 0.652. The maximum Gasteiger partial charge on any atom is 0.234 e. The molecule has 0 unspecified atom stereocenters. The summed E-state index contributed by atoms with van der Waals surface area (Å²) in [5.41, 5.74) is 0.987. The average Bonchev–Trinajstić information content (AvgIpc) is 3.13. The summed E-state index contributed by atoms with van der Waals surface area (Å²) in [6.07, 6.45) is 5.46. The van der Waals surface area contributed by atoms with Gasteiger partial charge in [-0.3, -0.25) is 14.6 Å². The highest BCUT2D eigenvalue weighted by Gasteiger charge is 2.22. The number of aliphatic hydroxyl groups is 1. The Morgan fingerprint density at radius 3 is 2.74 bits per heavy atom. The van der Waals surface area contributed by atoms with Crippen LogP contribution in [0.15, 0.2) is 18.2 Å². The molecule has 2 aromatic rings. The van der Waals surface area contributed by atoms with Gasteiger partial charge >= 0.3 is 0 Å². The Morgan fingerprint density at radius 1 is 1.23 bits per heavy atom. The van der Waals surface area contributed by atoms with Gasteiger partial charge in [0, 0.05) is 38.8 Å². The Bertz CT molecular complexity index is 860. The number of rotatable bonds is 8. The molecule has 1 saturated carbocycles. The first-order valence-electron chi connectivity index (χ1n) is 11.5. The van der Waals surface area contributed by atoms with Crippen molar-refractivity contribution in [2.45, 2.75) is 51.2 Å². The third kappa shape index (κ3) is 6.62. The summed E-state index contributed by atoms with van der Waals surface area (Å²) < 4.78 is 6.92. The van der Waals surface area contributed by atoms with E-state index in [2.05, 4.69) is 20.1 Å². The van der Waals surface area contributed by atoms with Crippen LogP contribution in [-0.2, 0) is 4.79 Å². The van der Waals surface area contributed by atoms with Crippen LogP contribution < -0.4 is 10.1 Å². The second kappa shape index (κ2) is 10.7. The van der Waals surface area contributed by atoms with Gasteiger partial charge in [-0.15, -0.1) is 11.3 Å². The third-order valence-corrected chi connectivity index (χ3v) is 7.11. The van der Waals surface area contributed by atoms with E-state index in [-0.39, 0.29) is 12.5 Å². The van der Waals surface area contributed by atoms with Gasteiger partial charge in [-0.05, 0) is 38.0 Å². The molecular formula is C23H34N4O3S. The van der Waals surface area contributed by atoms with Crippen LogP contribution in [0, 0.1) is 6.92 Å². The lowest BCUT2D eigenvalue weighted by atomic mass is 9.95. The summed E-state index contributed by atoms with van der Waals surface area (Å²) in [5.74, 6) is 0.922. The van der Waals surface area contributed by atoms with Gasteiger partial charge in [0.05, 0.1) is 21.8 Å². The SMILES string of the molecule is Cc1nc2ccc(OC[C@H](O)CN3CCN(CC(=O)NC4CCCCC4)CC3)cc2s1. The molecule has 1 atom stereocenters. The number of ether oxygens (including phenoxy) is 1. The first-order valence-corrected chi connectivity index (χ1v) is 12.3. The summed E-state index contributed by atoms with van der Waals surface area (Å²) >= 11 is 1.65. The van der Waals surface area contributed by atoms with Crippen LogP contribution in [0.5, 0.6) is 5.75 Å². The number of benzene rings is 1. The highest BCUT2D eigenvalue weighted by Crippen LogP contribution is 2.26. The molecule has 2 fully saturated rings. The van der Waals surface area contributed by atoms with Crippen LogP contribution in [0.3, 0.4) is 0 Å². The molecule has 1 aliphatic heterocycles. The van der Waals surface area contributed by atoms with Crippen molar-refractivity contribution < 1.29 is 14.6 Å². The molecule has 2 heterocycles. The zero-order chi connectivity index (χ0) is 21.6. The predicted octanol–water partition coefficient (Wildman–Crippen LogP) is 2.41. The monoisotopic (exact) mass is 446 g/mol. The van der Waals surface area contributed by atoms with E-state index in [0.717, 1.165) is 60.0 Å². The maximum atomic E-state index is 12.3. The number of carbonyl (C=O) groups is 1. The minimum absolute atomic E-state index is 0.155. The maximum absolute atomic E-state index is 12.3. The normalized spacial score (nSPS) is 20.1. The van der Waals surface area contributed by atoms with E-state index in [1.54, 1.807) is 11.3 Å². The fourth-order valence-electron chi connectivity index (χ4n) is 4.51. The Balaban J connectivity index is 1.14. The van der Waals surface area contributed by atoms with E-state index in [9.17, 15) is 9.90 Å². The number of nitrogens with zero attached hydrogens (tertiary/aromatic N) is 3. The largest absolute Gasteiger partial charge is 0.491 e. The molecule has 0 radical (unpaired) electrons. The molecule has 31 heavy (non-hydrogen) atoms. The Morgan fingerprint density at radius 2 is 1.97 bits per heavy atom. The van der Waals surface area contributed by atoms with E-state index in [1.807, 2.05) is 25.1 Å². The molecule has 8 heteroatoms. The minimum Gasteiger partial charge on any atom is -0.491 e. The van der Waals surface area contributed by atoms with E-state index < -0.39 is 6.10 Å². The van der Waals surface area contributed by atoms with Crippen LogP contribution in [0.1, 0.15) is 37.1 Å². The highest BCUT2D eigenvalue weighted by molar-refractivity contribution is 7.18. The Labute approximate surface area is 188 Å². The summed E-state index contributed by atoms with van der Waals surface area (Å²) in [5, 5.41) is 14.7. The van der Waals surface area contributed by atoms with Gasteiger partial charge in [0.2, 0.25) is 5.91 Å². The number of hydrogen-bond acceptors (Lipinski definition) is 7. The second-order valence-electron chi connectivity index (χ2n) is 8.81. The summed E-state index contributed by atoms with van der Waals surface area (Å²) in [4.78, 5) is 21.2. The number of nitrogens with one attached hydrogen (secondary N) is 1. The van der Waals surface area contributed by atoms with Gasteiger partial charge in [0.25, 0.3) is 0 Å². The zero-order valence-corrected chi connectivity index (χ0v) is 19.2. The van der Waals surface area contributed by atoms with Crippen LogP contribution in [-0.4, -0.2) is 83.8 Å². The number of fused-ring (bicyclic) bond motifs is 1. The molecule has 2 aliphatic rings. The van der Waals surface area contributed by atoms with E-state index in [1.165, 1.54) is 19.3 Å². The number of piperazine rings is 1. The van der Waals surface area contributed by atoms with Crippen molar-refractivity contribution in [1.29, 1.82) is 0 Å². The van der Waals surface area contributed by atoms with Crippen molar-refractivity contribution in [3.05, 3.63) is 23.2 Å². The molecule has 1 aromatic carbocycles. The fourth-order valence-corrected chi connectivity index (χ4v) is 5.36. The molecule has 1 saturated heterocycles. The molecule has 1 aliphatic carbocycles. The first-order chi connectivity index (χ1) is 15.0. The lowest BCUT2D eigenvalue weighted by Gasteiger charge is -2.35. The molecule has 4 rings (SSSR count). The van der Waals surface area contributed by atoms with E-state index in [0.29, 0.717) is 19.1 Å². The number of amides is 1. The lowest BCUT2D eigenvalue weighted by Crippen LogP contribution is -2.52. The standard InChI is InChI=1S/C23H34N4O3S/c1-17-24-21-8-7-20(13-22(21)31-17)30-16-19(28)14-26-9-11-27(12-10-26)15-23(29)25-18-5-3-2-4-6-18/h7-8,13,18-19,28H,2-6,9-12,14-16H2,1H3,(H,25,29)/t19-/m1/s1. The van der Waals surface area contributed by atoms with Crippen LogP contribution in [0.4, 0.5) is 0 Å². The number of aromatic nitrogens is 1. The van der Waals surface area contributed by atoms with Crippen molar-refractivity contribution in [3.8, 4) is 5.75 Å². The van der Waals surface area contributed by atoms with Gasteiger partial charge in [-0.2, -0.15) is 0 Å². The lowest BCUT2D eigenvalue weighted by molar-refractivity contribution is -0.123. The molecular weight excluding hydrogens is 412 g/mol. The van der Waals surface area contributed by atoms with Crippen LogP contribution in [0.2, 0.25) is 0 Å². The number of aryl methyl sites for hydroxylation is 1. The van der Waals surface area contributed by atoms with Crippen molar-refractivity contribution in [2.24, 2.45) is 0 Å². The van der Waals surface area contributed by atoms with Gasteiger partial charge in [-0.1, -0.05) is 19.3 Å². The highest BCUT2D eigenvalue weighted by atomic mass is 32.1. The number of aliphatic hydroxyl groups excluding tert-OH is 1. The van der Waals surface area contributed by atoms with Gasteiger partial charge in [0.15, 0.2) is 0 Å². The number of carbonyl (C=O) groups excluding carboxylic acids is 1. The quantitative estimate of drug-likeness (QED) is 0.649. The van der Waals surface area contributed by atoms with Crippen LogP contribution >= 0.6 is 11.3 Å². The van der Waals surface area contributed by atoms with Crippen molar-refractivity contribution in [1.82, 2.24) is 20.1 Å². The minimum atomic E-state index is -0.542. The Hall–Kier alpha value is -1.74. The molecule has 0 spiro atoms. The molecule has 1 aromatic heterocycles. The van der Waals surface area contributed by atoms with Gasteiger partial charge < -0.3 is 15.2 Å². The topological polar surface area (TPSA) is 77.9 Å². The van der Waals surface area contributed by atoms with E-state index in [4.69, 9.17) is 4.74 Å². The second-order valence-corrected chi connectivity index (χ2v) is 10.0. The molecule has 1 amide bonds. The zero-order valence-electron chi connectivity index (χ0n) is 18.4. The average molecular weight is 447 g/mol. The summed E-state index contributed by atoms with van der Waals surface area (Å²) in [6.45, 7) is 6.77. The summed E-state index contributed by atoms with van der Waals surface area (Å²) in [7, 11) is 0. The Kier molecular flexibility index (Phi) is 7.76. The first kappa shape index (κ1) is 22.5. The number of β-amino-alcohol motifs (C(OH)–C–C–N with tert-alkyl or cyclic N) is 1. The smallest absolute Gasteiger partial charge is 0.234 e. The molecule has 2 N–H and O–H groups in total. The molecule has 7 nitrogen and oxygen atoms in total. The summed E-state index contributed by atoms with van der Waals surface area (Å²) in [6, 6.07) is 6.23. The van der Waals surface area contributed by atoms with Crippen molar-refractivity contribution in [3.63, 3.8) is 0 Å². The molecule has 170 valence electrons. The number of thiazole rings is 1. The predicted molar refractivity (Wildman–Crippen MR) is 124 cm³/mol. The van der Waals surface area contributed by atoms with Crippen molar-refractivity contribution in [2.75, 3.05) is 45.9 Å². The van der Waals surface area contributed by atoms with Gasteiger partial charge in [0.1, 0.15) is 18.5 Å². The van der Waals surface area contributed by atoms with Gasteiger partial charge in [-0.25, -0.2) is 4.98 Å². The number of hydrogen-bond donors (Lipinski definition) is 2. The van der Waals surface area contributed by atoms with Crippen molar-refractivity contribution >= 4 is 27.5 Å². The third-order valence-electron chi connectivity index (χ3n) is 6.18. The van der Waals surface area contributed by atoms with Crippen LogP contribution in [0.25, 0.3) is 10.2 Å². The van der Waals surface area contributed by atoms with E-state index >= 15 is 0 Å². The molecule has 0 bridgehead atoms.